The van der Waals surface area contributed by atoms with Gasteiger partial charge in [0.25, 0.3) is 5.91 Å². The first-order valence-corrected chi connectivity index (χ1v) is 8.37. The van der Waals surface area contributed by atoms with E-state index in [4.69, 9.17) is 16.3 Å². The number of halogens is 1. The lowest BCUT2D eigenvalue weighted by Crippen LogP contribution is -2.17. The Kier molecular flexibility index (Phi) is 5.68. The number of ether oxygens (including phenoxy) is 1. The molecule has 0 aliphatic carbocycles. The molecule has 1 amide bonds. The number of phenolic OH excluding ortho intramolecular Hbond substituents is 1. The largest absolute Gasteiger partial charge is 0.506 e. The van der Waals surface area contributed by atoms with Crippen LogP contribution >= 0.6 is 11.6 Å². The Morgan fingerprint density at radius 1 is 1.19 bits per heavy atom. The van der Waals surface area contributed by atoms with Gasteiger partial charge in [0.05, 0.1) is 24.0 Å². The van der Waals surface area contributed by atoms with Crippen LogP contribution in [-0.2, 0) is 0 Å². The van der Waals surface area contributed by atoms with Gasteiger partial charge in [-0.2, -0.15) is 5.10 Å². The normalized spacial score (nSPS) is 10.7. The lowest BCUT2D eigenvalue weighted by molar-refractivity contribution is 0.0955. The molecule has 0 radical (unpaired) electrons. The number of nitrogens with zero attached hydrogens (tertiary/aromatic N) is 2. The number of methoxy groups -OCH3 is 1. The van der Waals surface area contributed by atoms with E-state index >= 15 is 0 Å². The molecule has 3 aromatic rings. The first-order chi connectivity index (χ1) is 13.1. The van der Waals surface area contributed by atoms with Crippen LogP contribution in [0.15, 0.2) is 65.9 Å². The number of carbonyl (C=O) groups excluding carboxylic acids is 1. The summed E-state index contributed by atoms with van der Waals surface area (Å²) in [7, 11) is 1.62. The molecule has 1 heterocycles. The predicted molar refractivity (Wildman–Crippen MR) is 104 cm³/mol. The van der Waals surface area contributed by atoms with Gasteiger partial charge in [0.1, 0.15) is 11.5 Å². The van der Waals surface area contributed by atoms with E-state index in [0.717, 1.165) is 22.6 Å². The quantitative estimate of drug-likeness (QED) is 0.519. The summed E-state index contributed by atoms with van der Waals surface area (Å²) in [4.78, 5) is 16.4. The molecule has 0 saturated carbocycles. The number of hydrogen-bond donors (Lipinski definition) is 2. The number of nitrogens with one attached hydrogen (secondary N) is 1. The number of rotatable bonds is 5. The van der Waals surface area contributed by atoms with Gasteiger partial charge in [0.2, 0.25) is 0 Å². The highest BCUT2D eigenvalue weighted by atomic mass is 35.5. The van der Waals surface area contributed by atoms with Gasteiger partial charge in [-0.1, -0.05) is 11.6 Å². The minimum Gasteiger partial charge on any atom is -0.506 e. The number of hydrogen-bond acceptors (Lipinski definition) is 5. The Balaban J connectivity index is 1.63. The molecule has 0 unspecified atom stereocenters. The van der Waals surface area contributed by atoms with Crippen LogP contribution in [0.25, 0.3) is 11.3 Å². The van der Waals surface area contributed by atoms with E-state index in [0.29, 0.717) is 5.56 Å². The van der Waals surface area contributed by atoms with Crippen molar-refractivity contribution in [2.45, 2.75) is 0 Å². The summed E-state index contributed by atoms with van der Waals surface area (Å²) in [6.07, 6.45) is 3.15. The SMILES string of the molecule is COc1ccc(-c2ccc(C=NNC(=O)c3ccc(O)c(Cl)c3)cn2)cc1. The van der Waals surface area contributed by atoms with Crippen molar-refractivity contribution in [2.75, 3.05) is 7.11 Å². The molecule has 27 heavy (non-hydrogen) atoms. The molecule has 0 fully saturated rings. The maximum Gasteiger partial charge on any atom is 0.271 e. The number of amides is 1. The smallest absolute Gasteiger partial charge is 0.271 e. The topological polar surface area (TPSA) is 83.8 Å². The van der Waals surface area contributed by atoms with Crippen LogP contribution in [0.3, 0.4) is 0 Å². The molecule has 2 aromatic carbocycles. The molecule has 136 valence electrons. The van der Waals surface area contributed by atoms with Crippen LogP contribution < -0.4 is 10.2 Å². The zero-order valence-electron chi connectivity index (χ0n) is 14.4. The third-order valence-electron chi connectivity index (χ3n) is 3.76. The summed E-state index contributed by atoms with van der Waals surface area (Å²) in [5, 5.41) is 13.4. The second-order valence-corrected chi connectivity index (χ2v) is 5.98. The third kappa shape index (κ3) is 4.62. The molecule has 0 atom stereocenters. The molecule has 1 aromatic heterocycles. The van der Waals surface area contributed by atoms with Gasteiger partial charge in [0, 0.05) is 22.9 Å². The first kappa shape index (κ1) is 18.4. The highest BCUT2D eigenvalue weighted by Gasteiger charge is 2.07. The van der Waals surface area contributed by atoms with Gasteiger partial charge in [-0.3, -0.25) is 9.78 Å². The predicted octanol–water partition coefficient (Wildman–Crippen LogP) is 3.88. The van der Waals surface area contributed by atoms with Gasteiger partial charge < -0.3 is 9.84 Å². The van der Waals surface area contributed by atoms with Gasteiger partial charge in [-0.05, 0) is 54.6 Å². The number of aromatic hydroxyl groups is 1. The Labute approximate surface area is 161 Å². The summed E-state index contributed by atoms with van der Waals surface area (Å²) in [6.45, 7) is 0. The Bertz CT molecular complexity index is 971. The summed E-state index contributed by atoms with van der Waals surface area (Å²) in [6, 6.07) is 15.5. The van der Waals surface area contributed by atoms with Crippen LogP contribution in [0.1, 0.15) is 15.9 Å². The molecule has 3 rings (SSSR count). The van der Waals surface area contributed by atoms with Gasteiger partial charge in [0.15, 0.2) is 0 Å². The number of carbonyl (C=O) groups is 1. The fourth-order valence-corrected chi connectivity index (χ4v) is 2.47. The summed E-state index contributed by atoms with van der Waals surface area (Å²) in [5.41, 5.74) is 5.22. The third-order valence-corrected chi connectivity index (χ3v) is 4.06. The number of phenols is 1. The van der Waals surface area contributed by atoms with Crippen molar-refractivity contribution < 1.29 is 14.6 Å². The summed E-state index contributed by atoms with van der Waals surface area (Å²) >= 11 is 5.79. The van der Waals surface area contributed by atoms with Crippen LogP contribution in [-0.4, -0.2) is 29.3 Å². The molecule has 0 spiro atoms. The minimum absolute atomic E-state index is 0.0836. The number of hydrazone groups is 1. The van der Waals surface area contributed by atoms with Crippen LogP contribution in [0.5, 0.6) is 11.5 Å². The van der Waals surface area contributed by atoms with E-state index < -0.39 is 5.91 Å². The zero-order chi connectivity index (χ0) is 19.2. The zero-order valence-corrected chi connectivity index (χ0v) is 15.1. The van der Waals surface area contributed by atoms with E-state index in [2.05, 4.69) is 15.5 Å². The van der Waals surface area contributed by atoms with Crippen molar-refractivity contribution in [3.8, 4) is 22.8 Å². The van der Waals surface area contributed by atoms with Crippen LogP contribution in [0.4, 0.5) is 0 Å². The molecular weight excluding hydrogens is 366 g/mol. The average molecular weight is 382 g/mol. The number of pyridine rings is 1. The van der Waals surface area contributed by atoms with E-state index in [1.54, 1.807) is 13.3 Å². The standard InChI is InChI=1S/C20H16ClN3O3/c1-27-16-6-3-14(4-7-16)18-8-2-13(11-22-18)12-23-24-20(26)15-5-9-19(25)17(21)10-15/h2-12,25H,1H3,(H,24,26). The van der Waals surface area contributed by atoms with E-state index in [-0.39, 0.29) is 10.8 Å². The average Bonchev–Trinajstić information content (AvgIpc) is 2.70. The van der Waals surface area contributed by atoms with Crippen molar-refractivity contribution in [2.24, 2.45) is 5.10 Å². The second-order valence-electron chi connectivity index (χ2n) is 5.57. The van der Waals surface area contributed by atoms with Crippen molar-refractivity contribution in [3.63, 3.8) is 0 Å². The molecule has 0 saturated heterocycles. The van der Waals surface area contributed by atoms with Gasteiger partial charge in [-0.25, -0.2) is 5.43 Å². The summed E-state index contributed by atoms with van der Waals surface area (Å²) in [5.74, 6) is 0.267. The Morgan fingerprint density at radius 2 is 1.96 bits per heavy atom. The van der Waals surface area contributed by atoms with Crippen LogP contribution in [0.2, 0.25) is 5.02 Å². The monoisotopic (exact) mass is 381 g/mol. The maximum absolute atomic E-state index is 12.0. The fraction of sp³-hybridized carbons (Fsp3) is 0.0500. The molecule has 0 aliphatic rings. The van der Waals surface area contributed by atoms with Gasteiger partial charge >= 0.3 is 0 Å². The van der Waals surface area contributed by atoms with Gasteiger partial charge in [-0.15, -0.1) is 0 Å². The van der Waals surface area contributed by atoms with Crippen molar-refractivity contribution in [1.29, 1.82) is 0 Å². The molecule has 0 bridgehead atoms. The lowest BCUT2D eigenvalue weighted by atomic mass is 10.1. The van der Waals surface area contributed by atoms with Crippen molar-refractivity contribution >= 4 is 23.7 Å². The van der Waals surface area contributed by atoms with Crippen molar-refractivity contribution in [3.05, 3.63) is 76.9 Å². The first-order valence-electron chi connectivity index (χ1n) is 7.99. The van der Waals surface area contributed by atoms with E-state index in [1.807, 2.05) is 36.4 Å². The van der Waals surface area contributed by atoms with E-state index in [9.17, 15) is 9.90 Å². The highest BCUT2D eigenvalue weighted by molar-refractivity contribution is 6.32. The van der Waals surface area contributed by atoms with Crippen LogP contribution in [0, 0.1) is 0 Å². The van der Waals surface area contributed by atoms with E-state index in [1.165, 1.54) is 24.4 Å². The molecule has 0 aliphatic heterocycles. The molecule has 7 heteroatoms. The molecular formula is C20H16ClN3O3. The minimum atomic E-state index is -0.434. The Morgan fingerprint density at radius 3 is 2.59 bits per heavy atom. The fourth-order valence-electron chi connectivity index (χ4n) is 2.29. The molecule has 2 N–H and O–H groups in total. The molecule has 6 nitrogen and oxygen atoms in total. The maximum atomic E-state index is 12.0. The summed E-state index contributed by atoms with van der Waals surface area (Å²) < 4.78 is 5.14. The second kappa shape index (κ2) is 8.33. The number of aromatic nitrogens is 1. The lowest BCUT2D eigenvalue weighted by Gasteiger charge is -2.04. The highest BCUT2D eigenvalue weighted by Crippen LogP contribution is 2.23. The number of benzene rings is 2. The van der Waals surface area contributed by atoms with Crippen molar-refractivity contribution in [1.82, 2.24) is 10.4 Å². The Hall–Kier alpha value is -3.38.